The number of aryl methyl sites for hydroxylation is 1. The van der Waals surface area contributed by atoms with E-state index in [2.05, 4.69) is 12.2 Å². The molecule has 0 aliphatic carbocycles. The Labute approximate surface area is 121 Å². The maximum atomic E-state index is 11.7. The first-order chi connectivity index (χ1) is 9.58. The van der Waals surface area contributed by atoms with Gasteiger partial charge in [0.2, 0.25) is 11.8 Å². The lowest BCUT2D eigenvalue weighted by molar-refractivity contribution is -0.121. The Hall–Kier alpha value is -1.84. The second kappa shape index (κ2) is 8.35. The van der Waals surface area contributed by atoms with Crippen molar-refractivity contribution in [2.24, 2.45) is 0 Å². The summed E-state index contributed by atoms with van der Waals surface area (Å²) in [7, 11) is 0. The van der Waals surface area contributed by atoms with E-state index in [9.17, 15) is 9.59 Å². The molecule has 0 atom stereocenters. The Balaban J connectivity index is 2.60. The molecule has 0 radical (unpaired) electrons. The predicted octanol–water partition coefficient (Wildman–Crippen LogP) is 2.52. The van der Waals surface area contributed by atoms with Crippen LogP contribution in [0.15, 0.2) is 24.3 Å². The molecular weight excluding hydrogens is 252 g/mol. The Morgan fingerprint density at radius 2 is 1.80 bits per heavy atom. The highest BCUT2D eigenvalue weighted by Crippen LogP contribution is 2.15. The lowest BCUT2D eigenvalue weighted by atomic mass is 10.1. The summed E-state index contributed by atoms with van der Waals surface area (Å²) >= 11 is 0. The van der Waals surface area contributed by atoms with Gasteiger partial charge in [-0.05, 0) is 30.5 Å². The molecular formula is C16H24N2O2. The average molecular weight is 276 g/mol. The van der Waals surface area contributed by atoms with Gasteiger partial charge in [0.1, 0.15) is 0 Å². The van der Waals surface area contributed by atoms with Crippen molar-refractivity contribution in [3.8, 4) is 0 Å². The second-order valence-electron chi connectivity index (χ2n) is 4.79. The fourth-order valence-corrected chi connectivity index (χ4v) is 2.00. The molecule has 1 rings (SSSR count). The smallest absolute Gasteiger partial charge is 0.223 e. The van der Waals surface area contributed by atoms with Crippen molar-refractivity contribution in [2.45, 2.75) is 40.0 Å². The molecule has 0 aliphatic heterocycles. The first-order valence-electron chi connectivity index (χ1n) is 7.22. The van der Waals surface area contributed by atoms with Crippen LogP contribution in [-0.2, 0) is 16.0 Å². The first-order valence-corrected chi connectivity index (χ1v) is 7.22. The number of nitrogens with one attached hydrogen (secondary N) is 1. The van der Waals surface area contributed by atoms with E-state index in [0.29, 0.717) is 19.5 Å². The van der Waals surface area contributed by atoms with Crippen LogP contribution in [0.1, 0.15) is 39.2 Å². The van der Waals surface area contributed by atoms with E-state index >= 15 is 0 Å². The third-order valence-corrected chi connectivity index (χ3v) is 3.17. The quantitative estimate of drug-likeness (QED) is 0.832. The normalized spacial score (nSPS) is 10.2. The van der Waals surface area contributed by atoms with Crippen molar-refractivity contribution < 1.29 is 9.59 Å². The molecule has 4 nitrogen and oxygen atoms in total. The van der Waals surface area contributed by atoms with E-state index in [0.717, 1.165) is 18.5 Å². The number of anilines is 1. The van der Waals surface area contributed by atoms with Gasteiger partial charge >= 0.3 is 0 Å². The number of rotatable bonds is 7. The minimum atomic E-state index is -0.0148. The van der Waals surface area contributed by atoms with Gasteiger partial charge in [0.05, 0.1) is 0 Å². The minimum absolute atomic E-state index is 0.0148. The van der Waals surface area contributed by atoms with Crippen LogP contribution < -0.4 is 10.2 Å². The van der Waals surface area contributed by atoms with Crippen molar-refractivity contribution >= 4 is 17.5 Å². The summed E-state index contributed by atoms with van der Waals surface area (Å²) in [5.41, 5.74) is 2.12. The summed E-state index contributed by atoms with van der Waals surface area (Å²) in [6.07, 6.45) is 2.35. The van der Waals surface area contributed by atoms with E-state index < -0.39 is 0 Å². The van der Waals surface area contributed by atoms with E-state index in [1.807, 2.05) is 31.2 Å². The molecule has 0 unspecified atom stereocenters. The van der Waals surface area contributed by atoms with Gasteiger partial charge < -0.3 is 10.2 Å². The van der Waals surface area contributed by atoms with Crippen LogP contribution in [-0.4, -0.2) is 24.9 Å². The molecule has 0 saturated carbocycles. The van der Waals surface area contributed by atoms with Gasteiger partial charge in [-0.1, -0.05) is 26.0 Å². The molecule has 0 bridgehead atoms. The first kappa shape index (κ1) is 16.2. The van der Waals surface area contributed by atoms with Gasteiger partial charge in [0.25, 0.3) is 0 Å². The molecule has 0 fully saturated rings. The predicted molar refractivity (Wildman–Crippen MR) is 81.8 cm³/mol. The van der Waals surface area contributed by atoms with Crippen LogP contribution >= 0.6 is 0 Å². The maximum Gasteiger partial charge on any atom is 0.223 e. The van der Waals surface area contributed by atoms with Gasteiger partial charge in [0.15, 0.2) is 0 Å². The fraction of sp³-hybridized carbons (Fsp3) is 0.500. The zero-order valence-electron chi connectivity index (χ0n) is 12.6. The molecule has 110 valence electrons. The van der Waals surface area contributed by atoms with Crippen molar-refractivity contribution in [3.05, 3.63) is 29.8 Å². The molecule has 4 heteroatoms. The Kier molecular flexibility index (Phi) is 6.77. The molecule has 2 amide bonds. The van der Waals surface area contributed by atoms with Crippen LogP contribution in [0.2, 0.25) is 0 Å². The summed E-state index contributed by atoms with van der Waals surface area (Å²) in [6, 6.07) is 7.96. The highest BCUT2D eigenvalue weighted by molar-refractivity contribution is 5.91. The summed E-state index contributed by atoms with van der Waals surface area (Å²) in [5.74, 6) is 0.0244. The number of benzene rings is 1. The standard InChI is InChI=1S/C16H24N2O2/c1-4-6-16(20)17-11-12-18(13(3)19)15-9-7-14(5-2)8-10-15/h7-10H,4-6,11-12H2,1-3H3,(H,17,20). The largest absolute Gasteiger partial charge is 0.354 e. The molecule has 1 aromatic carbocycles. The Morgan fingerprint density at radius 3 is 2.30 bits per heavy atom. The van der Waals surface area contributed by atoms with Gasteiger partial charge in [-0.3, -0.25) is 9.59 Å². The monoisotopic (exact) mass is 276 g/mol. The lowest BCUT2D eigenvalue weighted by Crippen LogP contribution is -2.37. The van der Waals surface area contributed by atoms with E-state index in [4.69, 9.17) is 0 Å². The number of amides is 2. The third-order valence-electron chi connectivity index (χ3n) is 3.17. The number of carbonyl (C=O) groups excluding carboxylic acids is 2. The molecule has 0 spiro atoms. The summed E-state index contributed by atoms with van der Waals surface area (Å²) in [4.78, 5) is 24.8. The summed E-state index contributed by atoms with van der Waals surface area (Å²) in [5, 5.41) is 2.83. The molecule has 0 saturated heterocycles. The van der Waals surface area contributed by atoms with Crippen molar-refractivity contribution in [1.82, 2.24) is 5.32 Å². The zero-order chi connectivity index (χ0) is 15.0. The minimum Gasteiger partial charge on any atom is -0.354 e. The zero-order valence-corrected chi connectivity index (χ0v) is 12.6. The Morgan fingerprint density at radius 1 is 1.15 bits per heavy atom. The van der Waals surface area contributed by atoms with E-state index in [-0.39, 0.29) is 11.8 Å². The van der Waals surface area contributed by atoms with Crippen molar-refractivity contribution in [3.63, 3.8) is 0 Å². The van der Waals surface area contributed by atoms with Crippen molar-refractivity contribution in [1.29, 1.82) is 0 Å². The van der Waals surface area contributed by atoms with Crippen molar-refractivity contribution in [2.75, 3.05) is 18.0 Å². The molecule has 0 aromatic heterocycles. The number of hydrogen-bond acceptors (Lipinski definition) is 2. The van der Waals surface area contributed by atoms with Crippen LogP contribution in [0.25, 0.3) is 0 Å². The molecule has 1 aromatic rings. The molecule has 1 N–H and O–H groups in total. The van der Waals surface area contributed by atoms with Gasteiger partial charge in [-0.2, -0.15) is 0 Å². The van der Waals surface area contributed by atoms with Gasteiger partial charge in [-0.25, -0.2) is 0 Å². The lowest BCUT2D eigenvalue weighted by Gasteiger charge is -2.21. The van der Waals surface area contributed by atoms with Gasteiger partial charge in [0, 0.05) is 32.1 Å². The maximum absolute atomic E-state index is 11.7. The van der Waals surface area contributed by atoms with E-state index in [1.54, 1.807) is 11.8 Å². The third kappa shape index (κ3) is 5.03. The number of hydrogen-bond donors (Lipinski definition) is 1. The van der Waals surface area contributed by atoms with Crippen LogP contribution in [0.4, 0.5) is 5.69 Å². The molecule has 20 heavy (non-hydrogen) atoms. The SMILES string of the molecule is CCCC(=O)NCCN(C(C)=O)c1ccc(CC)cc1. The number of nitrogens with zero attached hydrogens (tertiary/aromatic N) is 1. The molecule has 0 heterocycles. The summed E-state index contributed by atoms with van der Waals surface area (Å²) < 4.78 is 0. The van der Waals surface area contributed by atoms with E-state index in [1.165, 1.54) is 5.56 Å². The van der Waals surface area contributed by atoms with Crippen LogP contribution in [0, 0.1) is 0 Å². The molecule has 0 aliphatic rings. The topological polar surface area (TPSA) is 49.4 Å². The van der Waals surface area contributed by atoms with Crippen LogP contribution in [0.5, 0.6) is 0 Å². The Bertz CT molecular complexity index is 440. The van der Waals surface area contributed by atoms with Gasteiger partial charge in [-0.15, -0.1) is 0 Å². The number of carbonyl (C=O) groups is 2. The fourth-order valence-electron chi connectivity index (χ4n) is 2.00. The van der Waals surface area contributed by atoms with Crippen LogP contribution in [0.3, 0.4) is 0 Å². The highest BCUT2D eigenvalue weighted by atomic mass is 16.2. The highest BCUT2D eigenvalue weighted by Gasteiger charge is 2.11. The average Bonchev–Trinajstić information content (AvgIpc) is 2.44. The summed E-state index contributed by atoms with van der Waals surface area (Å²) in [6.45, 7) is 6.59. The second-order valence-corrected chi connectivity index (χ2v) is 4.79.